The Hall–Kier alpha value is -1.40. The highest BCUT2D eigenvalue weighted by molar-refractivity contribution is 7.90. The standard InChI is InChI=1S/C11H10O4S2/c1-17(14,15)6-8-5-7-3-2-4-9(11(12)13)10(7)16-8/h2-5H,6H2,1H3,(H,12,13). The predicted molar refractivity (Wildman–Crippen MR) is 67.3 cm³/mol. The van der Waals surface area contributed by atoms with E-state index in [0.29, 0.717) is 9.58 Å². The van der Waals surface area contributed by atoms with Crippen molar-refractivity contribution in [1.82, 2.24) is 0 Å². The number of carboxylic acids is 1. The Bertz CT molecular complexity index is 683. The number of hydrogen-bond acceptors (Lipinski definition) is 4. The van der Waals surface area contributed by atoms with Crippen molar-refractivity contribution in [2.24, 2.45) is 0 Å². The number of sulfone groups is 1. The van der Waals surface area contributed by atoms with Crippen LogP contribution in [-0.2, 0) is 15.6 Å². The molecule has 17 heavy (non-hydrogen) atoms. The Kier molecular flexibility index (Phi) is 2.92. The van der Waals surface area contributed by atoms with Crippen molar-refractivity contribution in [2.75, 3.05) is 6.26 Å². The normalized spacial score (nSPS) is 11.8. The van der Waals surface area contributed by atoms with Gasteiger partial charge in [-0.2, -0.15) is 0 Å². The zero-order chi connectivity index (χ0) is 12.6. The number of rotatable bonds is 3. The first-order valence-corrected chi connectivity index (χ1v) is 7.67. The van der Waals surface area contributed by atoms with Gasteiger partial charge in [0.1, 0.15) is 0 Å². The first-order chi connectivity index (χ1) is 7.87. The quantitative estimate of drug-likeness (QED) is 0.927. The molecule has 1 aromatic carbocycles. The van der Waals surface area contributed by atoms with E-state index < -0.39 is 15.8 Å². The van der Waals surface area contributed by atoms with E-state index in [0.717, 1.165) is 11.6 Å². The molecule has 2 aromatic rings. The van der Waals surface area contributed by atoms with Gasteiger partial charge in [0.05, 0.1) is 11.3 Å². The molecule has 2 rings (SSSR count). The third kappa shape index (κ3) is 2.65. The van der Waals surface area contributed by atoms with Crippen LogP contribution in [0.5, 0.6) is 0 Å². The monoisotopic (exact) mass is 270 g/mol. The van der Waals surface area contributed by atoms with E-state index in [4.69, 9.17) is 5.11 Å². The van der Waals surface area contributed by atoms with Gasteiger partial charge in [-0.1, -0.05) is 12.1 Å². The molecule has 0 saturated carbocycles. The van der Waals surface area contributed by atoms with Gasteiger partial charge < -0.3 is 5.11 Å². The summed E-state index contributed by atoms with van der Waals surface area (Å²) in [5.74, 6) is -1.05. The number of hydrogen-bond donors (Lipinski definition) is 1. The Morgan fingerprint density at radius 1 is 1.41 bits per heavy atom. The number of thiophene rings is 1. The minimum atomic E-state index is -3.09. The molecule has 0 bridgehead atoms. The molecule has 0 unspecified atom stereocenters. The summed E-state index contributed by atoms with van der Waals surface area (Å²) in [5, 5.41) is 9.78. The summed E-state index contributed by atoms with van der Waals surface area (Å²) in [4.78, 5) is 11.7. The summed E-state index contributed by atoms with van der Waals surface area (Å²) in [6.45, 7) is 0. The molecule has 0 aliphatic rings. The Morgan fingerprint density at radius 3 is 2.71 bits per heavy atom. The van der Waals surface area contributed by atoms with Crippen molar-refractivity contribution in [3.05, 3.63) is 34.7 Å². The zero-order valence-corrected chi connectivity index (χ0v) is 10.6. The van der Waals surface area contributed by atoms with Gasteiger partial charge in [0.15, 0.2) is 9.84 Å². The van der Waals surface area contributed by atoms with E-state index in [1.54, 1.807) is 18.2 Å². The molecule has 0 spiro atoms. The first-order valence-electron chi connectivity index (χ1n) is 4.79. The highest BCUT2D eigenvalue weighted by Gasteiger charge is 2.13. The summed E-state index contributed by atoms with van der Waals surface area (Å²) in [7, 11) is -3.09. The molecule has 0 saturated heterocycles. The average Bonchev–Trinajstić information content (AvgIpc) is 2.55. The highest BCUT2D eigenvalue weighted by Crippen LogP contribution is 2.29. The molecular weight excluding hydrogens is 260 g/mol. The fourth-order valence-electron chi connectivity index (χ4n) is 1.61. The van der Waals surface area contributed by atoms with Crippen LogP contribution in [0.2, 0.25) is 0 Å². The van der Waals surface area contributed by atoms with Gasteiger partial charge in [0.2, 0.25) is 0 Å². The lowest BCUT2D eigenvalue weighted by Crippen LogP contribution is -1.98. The molecule has 0 aliphatic heterocycles. The molecule has 0 aliphatic carbocycles. The molecular formula is C11H10O4S2. The molecule has 1 N–H and O–H groups in total. The highest BCUT2D eigenvalue weighted by atomic mass is 32.2. The third-order valence-corrected chi connectivity index (χ3v) is 4.43. The summed E-state index contributed by atoms with van der Waals surface area (Å²) >= 11 is 1.22. The number of carboxylic acid groups (broad SMARTS) is 1. The maximum Gasteiger partial charge on any atom is 0.337 e. The van der Waals surface area contributed by atoms with Crippen molar-refractivity contribution >= 4 is 37.2 Å². The fraction of sp³-hybridized carbons (Fsp3) is 0.182. The van der Waals surface area contributed by atoms with E-state index >= 15 is 0 Å². The summed E-state index contributed by atoms with van der Waals surface area (Å²) in [6, 6.07) is 6.69. The van der Waals surface area contributed by atoms with Gasteiger partial charge in [-0.25, -0.2) is 13.2 Å². The van der Waals surface area contributed by atoms with E-state index in [2.05, 4.69) is 0 Å². The number of aromatic carboxylic acids is 1. The summed E-state index contributed by atoms with van der Waals surface area (Å²) < 4.78 is 23.0. The first kappa shape index (κ1) is 12.1. The minimum absolute atomic E-state index is 0.0502. The molecule has 1 heterocycles. The van der Waals surface area contributed by atoms with Crippen LogP contribution in [0.15, 0.2) is 24.3 Å². The van der Waals surface area contributed by atoms with E-state index in [1.807, 2.05) is 0 Å². The van der Waals surface area contributed by atoms with Gasteiger partial charge >= 0.3 is 5.97 Å². The molecule has 1 aromatic heterocycles. The van der Waals surface area contributed by atoms with Crippen molar-refractivity contribution < 1.29 is 18.3 Å². The van der Waals surface area contributed by atoms with Crippen molar-refractivity contribution in [2.45, 2.75) is 5.75 Å². The Balaban J connectivity index is 2.58. The van der Waals surface area contributed by atoms with Crippen molar-refractivity contribution in [3.63, 3.8) is 0 Å². The van der Waals surface area contributed by atoms with Crippen LogP contribution in [0.3, 0.4) is 0 Å². The predicted octanol–water partition coefficient (Wildman–Crippen LogP) is 2.14. The number of carbonyl (C=O) groups is 1. The number of fused-ring (bicyclic) bond motifs is 1. The van der Waals surface area contributed by atoms with Crippen LogP contribution in [-0.4, -0.2) is 25.7 Å². The number of benzene rings is 1. The van der Waals surface area contributed by atoms with Crippen LogP contribution >= 0.6 is 11.3 Å². The minimum Gasteiger partial charge on any atom is -0.478 e. The maximum absolute atomic E-state index is 11.2. The lowest BCUT2D eigenvalue weighted by atomic mass is 10.1. The van der Waals surface area contributed by atoms with Crippen LogP contribution in [0.1, 0.15) is 15.2 Å². The second kappa shape index (κ2) is 4.12. The van der Waals surface area contributed by atoms with E-state index in [-0.39, 0.29) is 11.3 Å². The van der Waals surface area contributed by atoms with E-state index in [9.17, 15) is 13.2 Å². The lowest BCUT2D eigenvalue weighted by molar-refractivity contribution is 0.0699. The smallest absolute Gasteiger partial charge is 0.337 e. The third-order valence-electron chi connectivity index (χ3n) is 2.23. The molecule has 90 valence electrons. The second-order valence-corrected chi connectivity index (χ2v) is 7.09. The SMILES string of the molecule is CS(=O)(=O)Cc1cc2cccc(C(=O)O)c2s1. The van der Waals surface area contributed by atoms with E-state index in [1.165, 1.54) is 17.4 Å². The second-order valence-electron chi connectivity index (χ2n) is 3.81. The van der Waals surface area contributed by atoms with Crippen LogP contribution in [0.4, 0.5) is 0 Å². The fourth-order valence-corrected chi connectivity index (χ4v) is 4.05. The maximum atomic E-state index is 11.2. The van der Waals surface area contributed by atoms with Gasteiger partial charge in [0.25, 0.3) is 0 Å². The Labute approximate surface area is 102 Å². The molecule has 4 nitrogen and oxygen atoms in total. The largest absolute Gasteiger partial charge is 0.478 e. The van der Waals surface area contributed by atoms with Crippen molar-refractivity contribution in [3.8, 4) is 0 Å². The molecule has 6 heteroatoms. The summed E-state index contributed by atoms with van der Waals surface area (Å²) in [5.41, 5.74) is 0.215. The van der Waals surface area contributed by atoms with Gasteiger partial charge in [-0.3, -0.25) is 0 Å². The van der Waals surface area contributed by atoms with Crippen LogP contribution in [0, 0.1) is 0 Å². The molecule has 0 atom stereocenters. The molecule has 0 amide bonds. The van der Waals surface area contributed by atoms with Gasteiger partial charge in [-0.15, -0.1) is 11.3 Å². The zero-order valence-electron chi connectivity index (χ0n) is 9.00. The van der Waals surface area contributed by atoms with Crippen LogP contribution < -0.4 is 0 Å². The molecule has 0 fully saturated rings. The Morgan fingerprint density at radius 2 is 2.12 bits per heavy atom. The van der Waals surface area contributed by atoms with Gasteiger partial charge in [0, 0.05) is 15.8 Å². The summed E-state index contributed by atoms with van der Waals surface area (Å²) in [6.07, 6.45) is 1.16. The van der Waals surface area contributed by atoms with Crippen LogP contribution in [0.25, 0.3) is 10.1 Å². The van der Waals surface area contributed by atoms with Gasteiger partial charge in [-0.05, 0) is 17.5 Å². The molecule has 0 radical (unpaired) electrons. The van der Waals surface area contributed by atoms with Crippen molar-refractivity contribution in [1.29, 1.82) is 0 Å². The topological polar surface area (TPSA) is 71.4 Å². The average molecular weight is 270 g/mol. The lowest BCUT2D eigenvalue weighted by Gasteiger charge is -1.94.